The molecule has 0 radical (unpaired) electrons. The van der Waals surface area contributed by atoms with Gasteiger partial charge in [-0.15, -0.1) is 0 Å². The topological polar surface area (TPSA) is 159 Å². The fraction of sp³-hybridized carbons (Fsp3) is 0.400. The fourth-order valence-electron chi connectivity index (χ4n) is 3.64. The average molecular weight is 346 g/mol. The van der Waals surface area contributed by atoms with Crippen LogP contribution in [0.15, 0.2) is 40.3 Å². The van der Waals surface area contributed by atoms with Crippen LogP contribution >= 0.6 is 0 Å². The Kier molecular flexibility index (Phi) is 3.18. The van der Waals surface area contributed by atoms with E-state index in [0.29, 0.717) is 5.56 Å². The van der Waals surface area contributed by atoms with E-state index in [1.54, 1.807) is 30.3 Å². The molecule has 1 aromatic carbocycles. The minimum Gasteiger partial charge on any atom is -0.451 e. The largest absolute Gasteiger partial charge is 0.451 e. The number of aliphatic hydroxyl groups is 2. The van der Waals surface area contributed by atoms with Gasteiger partial charge in [-0.2, -0.15) is 0 Å². The number of benzene rings is 1. The lowest BCUT2D eigenvalue weighted by Crippen LogP contribution is -2.76. The van der Waals surface area contributed by atoms with Crippen molar-refractivity contribution in [3.63, 3.8) is 0 Å². The van der Waals surface area contributed by atoms with Gasteiger partial charge in [0.1, 0.15) is 6.04 Å². The quantitative estimate of drug-likeness (QED) is 0.291. The van der Waals surface area contributed by atoms with Crippen LogP contribution in [0, 0.1) is 0 Å². The number of guanidine groups is 2. The molecule has 1 spiro atoms. The number of aliphatic imine (C=N–C) groups is 2. The Bertz CT molecular complexity index is 779. The lowest BCUT2D eigenvalue weighted by molar-refractivity contribution is -0.255. The van der Waals surface area contributed by atoms with Crippen LogP contribution in [0.1, 0.15) is 10.4 Å². The smallest absolute Gasteiger partial charge is 0.338 e. The minimum absolute atomic E-state index is 0.0439. The molecule has 10 heteroatoms. The molecule has 10 nitrogen and oxygen atoms in total. The SMILES string of the molecule is NC1=NC2CN=C(N)N3C[C@H](OC(=O)c4ccccc4)C(O)(O)[C@@]23N1. The van der Waals surface area contributed by atoms with Crippen LogP contribution in [0.2, 0.25) is 0 Å². The Morgan fingerprint density at radius 1 is 1.32 bits per heavy atom. The molecule has 3 heterocycles. The Labute approximate surface area is 142 Å². The molecular formula is C15H18N6O4. The van der Waals surface area contributed by atoms with E-state index in [-0.39, 0.29) is 25.0 Å². The molecule has 3 aliphatic rings. The molecule has 0 aliphatic carbocycles. The second kappa shape index (κ2) is 5.07. The van der Waals surface area contributed by atoms with Crippen molar-refractivity contribution in [2.45, 2.75) is 23.6 Å². The summed E-state index contributed by atoms with van der Waals surface area (Å²) in [6.07, 6.45) is -1.27. The molecule has 1 aromatic rings. The number of nitrogens with two attached hydrogens (primary N) is 2. The summed E-state index contributed by atoms with van der Waals surface area (Å²) in [5, 5.41) is 24.5. The summed E-state index contributed by atoms with van der Waals surface area (Å²) in [5.74, 6) is -3.01. The molecule has 1 saturated heterocycles. The van der Waals surface area contributed by atoms with Gasteiger partial charge >= 0.3 is 5.97 Å². The molecule has 25 heavy (non-hydrogen) atoms. The van der Waals surface area contributed by atoms with Gasteiger partial charge in [-0.3, -0.25) is 4.99 Å². The van der Waals surface area contributed by atoms with E-state index < -0.39 is 29.6 Å². The highest BCUT2D eigenvalue weighted by atomic mass is 16.6. The molecule has 4 rings (SSSR count). The van der Waals surface area contributed by atoms with Crippen molar-refractivity contribution in [3.8, 4) is 0 Å². The zero-order valence-corrected chi connectivity index (χ0v) is 13.2. The van der Waals surface area contributed by atoms with Gasteiger partial charge in [-0.25, -0.2) is 9.79 Å². The first-order valence-electron chi connectivity index (χ1n) is 7.76. The van der Waals surface area contributed by atoms with Gasteiger partial charge in [0.2, 0.25) is 5.79 Å². The fourth-order valence-corrected chi connectivity index (χ4v) is 3.64. The first kappa shape index (κ1) is 15.7. The number of esters is 1. The molecule has 3 atom stereocenters. The normalized spacial score (nSPS) is 32.2. The zero-order valence-electron chi connectivity index (χ0n) is 13.2. The molecule has 0 amide bonds. The monoisotopic (exact) mass is 346 g/mol. The molecular weight excluding hydrogens is 328 g/mol. The number of rotatable bonds is 2. The summed E-state index contributed by atoms with van der Waals surface area (Å²) in [4.78, 5) is 22.1. The number of nitrogens with zero attached hydrogens (tertiary/aromatic N) is 3. The third-order valence-electron chi connectivity index (χ3n) is 4.84. The highest BCUT2D eigenvalue weighted by molar-refractivity contribution is 5.90. The van der Waals surface area contributed by atoms with Crippen molar-refractivity contribution in [2.24, 2.45) is 21.5 Å². The summed E-state index contributed by atoms with van der Waals surface area (Å²) in [6.45, 7) is 0.0749. The summed E-state index contributed by atoms with van der Waals surface area (Å²) < 4.78 is 5.37. The highest BCUT2D eigenvalue weighted by Crippen LogP contribution is 2.43. The predicted molar refractivity (Wildman–Crippen MR) is 87.3 cm³/mol. The molecule has 7 N–H and O–H groups in total. The molecule has 0 saturated carbocycles. The zero-order chi connectivity index (χ0) is 17.8. The van der Waals surface area contributed by atoms with Gasteiger partial charge in [0, 0.05) is 0 Å². The maximum atomic E-state index is 12.3. The molecule has 0 bridgehead atoms. The maximum Gasteiger partial charge on any atom is 0.338 e. The van der Waals surface area contributed by atoms with E-state index in [1.807, 2.05) is 0 Å². The molecule has 0 aromatic heterocycles. The lowest BCUT2D eigenvalue weighted by Gasteiger charge is -2.46. The van der Waals surface area contributed by atoms with Crippen LogP contribution in [-0.2, 0) is 4.74 Å². The van der Waals surface area contributed by atoms with Gasteiger partial charge < -0.3 is 36.6 Å². The first-order valence-corrected chi connectivity index (χ1v) is 7.76. The average Bonchev–Trinajstić information content (AvgIpc) is 3.04. The van der Waals surface area contributed by atoms with E-state index in [1.165, 1.54) is 4.90 Å². The predicted octanol–water partition coefficient (Wildman–Crippen LogP) is -2.48. The van der Waals surface area contributed by atoms with Crippen LogP contribution in [0.3, 0.4) is 0 Å². The van der Waals surface area contributed by atoms with E-state index in [4.69, 9.17) is 16.2 Å². The van der Waals surface area contributed by atoms with Crippen molar-refractivity contribution in [1.82, 2.24) is 10.2 Å². The van der Waals surface area contributed by atoms with Crippen molar-refractivity contribution in [3.05, 3.63) is 35.9 Å². The van der Waals surface area contributed by atoms with Gasteiger partial charge in [0.25, 0.3) is 0 Å². The van der Waals surface area contributed by atoms with E-state index in [0.717, 1.165) is 0 Å². The van der Waals surface area contributed by atoms with Gasteiger partial charge in [-0.05, 0) is 12.1 Å². The van der Waals surface area contributed by atoms with Crippen LogP contribution in [-0.4, -0.2) is 69.7 Å². The first-order chi connectivity index (χ1) is 11.9. The van der Waals surface area contributed by atoms with E-state index in [9.17, 15) is 15.0 Å². The van der Waals surface area contributed by atoms with Crippen molar-refractivity contribution < 1.29 is 19.7 Å². The molecule has 1 fully saturated rings. The Morgan fingerprint density at radius 3 is 2.76 bits per heavy atom. The molecule has 1 unspecified atom stereocenters. The molecule has 132 valence electrons. The van der Waals surface area contributed by atoms with Crippen LogP contribution in [0.25, 0.3) is 0 Å². The lowest BCUT2D eigenvalue weighted by atomic mass is 9.90. The van der Waals surface area contributed by atoms with E-state index in [2.05, 4.69) is 15.3 Å². The van der Waals surface area contributed by atoms with Crippen LogP contribution in [0.4, 0.5) is 0 Å². The van der Waals surface area contributed by atoms with Crippen molar-refractivity contribution in [1.29, 1.82) is 0 Å². The van der Waals surface area contributed by atoms with Gasteiger partial charge in [-0.1, -0.05) is 18.2 Å². The summed E-state index contributed by atoms with van der Waals surface area (Å²) >= 11 is 0. The van der Waals surface area contributed by atoms with Crippen molar-refractivity contribution in [2.75, 3.05) is 13.1 Å². The van der Waals surface area contributed by atoms with Crippen molar-refractivity contribution >= 4 is 17.9 Å². The number of nitrogens with one attached hydrogen (secondary N) is 1. The standard InChI is InChI=1S/C15H18N6O4/c16-12-19-9-6-18-13(17)21-7-10(15(23,24)14(9,21)20-12)25-11(22)8-4-2-1-3-5-8/h1-5,9-10,23-24H,6-7H2,(H2,17,18)(H3,16,19,20)/t9?,10-,14+/m0/s1. The third kappa shape index (κ3) is 2.01. The van der Waals surface area contributed by atoms with Gasteiger partial charge in [0.05, 0.1) is 18.7 Å². The third-order valence-corrected chi connectivity index (χ3v) is 4.84. The Balaban J connectivity index is 1.66. The van der Waals surface area contributed by atoms with Crippen LogP contribution < -0.4 is 16.8 Å². The summed E-state index contributed by atoms with van der Waals surface area (Å²) in [6, 6.07) is 7.62. The second-order valence-electron chi connectivity index (χ2n) is 6.22. The number of hydrogen-bond donors (Lipinski definition) is 5. The molecule has 3 aliphatic heterocycles. The Morgan fingerprint density at radius 2 is 2.04 bits per heavy atom. The highest BCUT2D eigenvalue weighted by Gasteiger charge is 2.72. The van der Waals surface area contributed by atoms with Gasteiger partial charge in [0.15, 0.2) is 23.7 Å². The number of hydrogen-bond acceptors (Lipinski definition) is 10. The van der Waals surface area contributed by atoms with Crippen LogP contribution in [0.5, 0.6) is 0 Å². The number of carbonyl (C=O) groups excluding carboxylic acids is 1. The number of carbonyl (C=O) groups is 1. The second-order valence-corrected chi connectivity index (χ2v) is 6.22. The minimum atomic E-state index is -2.48. The van der Waals surface area contributed by atoms with E-state index >= 15 is 0 Å². The maximum absolute atomic E-state index is 12.3. The summed E-state index contributed by atoms with van der Waals surface area (Å²) in [7, 11) is 0. The Hall–Kier alpha value is -2.85. The summed E-state index contributed by atoms with van der Waals surface area (Å²) in [5.41, 5.74) is 10.4. The number of ether oxygens (including phenoxy) is 1.